The van der Waals surface area contributed by atoms with Crippen LogP contribution in [-0.2, 0) is 72.5 Å². The summed E-state index contributed by atoms with van der Waals surface area (Å²) in [6.07, 6.45) is 0. The predicted octanol–water partition coefficient (Wildman–Crippen LogP) is -1.60. The minimum absolute atomic E-state index is 0. The van der Waals surface area contributed by atoms with E-state index in [0.717, 1.165) is 0 Å². The van der Waals surface area contributed by atoms with Crippen molar-refractivity contribution in [2.24, 2.45) is 0 Å². The molecule has 13 heavy (non-hydrogen) atoms. The minimum Gasteiger partial charge on any atom is -2.00 e. The minimum atomic E-state index is 0. The number of rotatable bonds is 0. The van der Waals surface area contributed by atoms with Gasteiger partial charge in [-0.3, -0.25) is 0 Å². The number of hydrogen-bond donors (Lipinski definition) is 0. The van der Waals surface area contributed by atoms with Gasteiger partial charge >= 0.3 is 231 Å². The molecule has 0 saturated carbocycles. The average Bonchev–Trinajstić information content (AvgIpc) is 0. The van der Waals surface area contributed by atoms with Gasteiger partial charge in [0.15, 0.2) is 0 Å². The molecule has 13 heteroatoms. The van der Waals surface area contributed by atoms with Crippen LogP contribution in [0.2, 0.25) is 0 Å². The van der Waals surface area contributed by atoms with Crippen molar-refractivity contribution < 1.29 is 171 Å². The molecule has 2 radical (unpaired) electrons. The molecule has 0 spiro atoms. The molecule has 0 fully saturated rings. The quantitative estimate of drug-likeness (QED) is 0.254. The van der Waals surface area contributed by atoms with Crippen LogP contribution in [0.4, 0.5) is 0 Å². The van der Waals surface area contributed by atoms with Crippen LogP contribution >= 0.6 is 0 Å². The molecule has 0 amide bonds. The third-order valence-electron chi connectivity index (χ3n) is 0. The van der Waals surface area contributed by atoms with Crippen molar-refractivity contribution >= 4 is 97.8 Å². The van der Waals surface area contributed by atoms with Crippen LogP contribution in [0.3, 0.4) is 0 Å². The Hall–Kier alpha value is 7.07. The third-order valence-corrected chi connectivity index (χ3v) is 0. The van der Waals surface area contributed by atoms with Crippen molar-refractivity contribution in [2.45, 2.75) is 0 Å². The Labute approximate surface area is 260 Å². The van der Waals surface area contributed by atoms with Gasteiger partial charge in [0.05, 0.1) is 0 Å². The average molecular weight is 818 g/mol. The van der Waals surface area contributed by atoms with Crippen LogP contribution in [0, 0.1) is 98.8 Å². The molecule has 0 heterocycles. The summed E-state index contributed by atoms with van der Waals surface area (Å²) < 4.78 is 0. The van der Waals surface area contributed by atoms with Crippen molar-refractivity contribution in [3.63, 3.8) is 0 Å². The fraction of sp³-hybridized carbons (Fsp3) is 0. The first kappa shape index (κ1) is 146. The first-order valence-electron chi connectivity index (χ1n) is 0. The van der Waals surface area contributed by atoms with Gasteiger partial charge in [-0.1, -0.05) is 0 Å². The summed E-state index contributed by atoms with van der Waals surface area (Å²) >= 11 is 0. The summed E-state index contributed by atoms with van der Waals surface area (Å²) in [6, 6.07) is 0. The normalized spacial score (nSPS) is 0. The van der Waals surface area contributed by atoms with E-state index < -0.39 is 0 Å². The van der Waals surface area contributed by atoms with E-state index in [1.807, 2.05) is 0 Å². The summed E-state index contributed by atoms with van der Waals surface area (Å²) in [4.78, 5) is 0. The molecule has 82 valence electrons. The van der Waals surface area contributed by atoms with Gasteiger partial charge in [-0.05, 0) is 0 Å². The van der Waals surface area contributed by atoms with Crippen molar-refractivity contribution in [3.05, 3.63) is 0 Å². The smallest absolute Gasteiger partial charge is 2.00 e. The summed E-state index contributed by atoms with van der Waals surface area (Å²) in [6.45, 7) is 0. The van der Waals surface area contributed by atoms with E-state index in [9.17, 15) is 0 Å². The Balaban J connectivity index is 0. The van der Waals surface area contributed by atoms with E-state index in [2.05, 4.69) is 0 Å². The maximum absolute atomic E-state index is 0. The van der Waals surface area contributed by atoms with Crippen LogP contribution in [0.15, 0.2) is 0 Å². The summed E-state index contributed by atoms with van der Waals surface area (Å²) in [5.74, 6) is 0. The standard InChI is InChI=1S/2Ba.2Cu.2Eu.7O/q4*+2;2*+3;7*-2. The van der Waals surface area contributed by atoms with Gasteiger partial charge in [0, 0.05) is 0 Å². The summed E-state index contributed by atoms with van der Waals surface area (Å²) in [7, 11) is 0. The molecule has 0 aromatic heterocycles. The van der Waals surface area contributed by atoms with E-state index in [1.165, 1.54) is 0 Å². The van der Waals surface area contributed by atoms with Gasteiger partial charge in [0.1, 0.15) is 0 Å². The van der Waals surface area contributed by atoms with Crippen molar-refractivity contribution in [1.82, 2.24) is 0 Å². The molecule has 0 aliphatic rings. The van der Waals surface area contributed by atoms with Gasteiger partial charge in [-0.2, -0.15) is 0 Å². The summed E-state index contributed by atoms with van der Waals surface area (Å²) in [5.41, 5.74) is 0. The molecule has 0 rings (SSSR count). The van der Waals surface area contributed by atoms with E-state index >= 15 is 0 Å². The predicted molar refractivity (Wildman–Crippen MR) is 16.3 cm³/mol. The topological polar surface area (TPSA) is 200 Å². The zero-order valence-corrected chi connectivity index (χ0v) is 21.2. The molecule has 0 saturated heterocycles. The summed E-state index contributed by atoms with van der Waals surface area (Å²) in [5, 5.41) is 0. The van der Waals surface area contributed by atoms with Crippen LogP contribution in [0.25, 0.3) is 0 Å². The fourth-order valence-electron chi connectivity index (χ4n) is 0. The first-order chi connectivity index (χ1) is 0. The second-order valence-electron chi connectivity index (χ2n) is 0. The Morgan fingerprint density at radius 3 is 0.308 bits per heavy atom. The maximum Gasteiger partial charge on any atom is 3.00 e. The van der Waals surface area contributed by atoms with Gasteiger partial charge in [0.25, 0.3) is 0 Å². The Bertz CT molecular complexity index is 22.5. The Morgan fingerprint density at radius 2 is 0.308 bits per heavy atom. The molecular formula is Ba2Cu2Eu2O7. The molecule has 0 aliphatic carbocycles. The molecule has 0 aromatic carbocycles. The van der Waals surface area contributed by atoms with Gasteiger partial charge < -0.3 is 38.3 Å². The molecule has 0 aliphatic heterocycles. The number of hydrogen-bond acceptors (Lipinski definition) is 0. The van der Waals surface area contributed by atoms with Crippen LogP contribution < -0.4 is 0 Å². The Morgan fingerprint density at radius 1 is 0.308 bits per heavy atom. The SMILES string of the molecule is [Ba+2].[Ba+2].[Cu+2].[Cu+2].[Eu+3].[Eu+3].[O-2].[O-2].[O-2].[O-2].[O-2].[O-2].[O-2]. The molecule has 0 atom stereocenters. The monoisotopic (exact) mass is 819 g/mol. The molecule has 0 aromatic rings. The Kier molecular flexibility index (Phi) is 1400. The molecule has 7 nitrogen and oxygen atoms in total. The van der Waals surface area contributed by atoms with Crippen LogP contribution in [0.5, 0.6) is 0 Å². The van der Waals surface area contributed by atoms with E-state index in [-0.39, 0.29) is 269 Å². The van der Waals surface area contributed by atoms with Gasteiger partial charge in [-0.25, -0.2) is 0 Å². The molecule has 0 unspecified atom stereocenters. The first-order valence-corrected chi connectivity index (χ1v) is 0. The molecule has 0 N–H and O–H groups in total. The van der Waals surface area contributed by atoms with Crippen molar-refractivity contribution in [2.75, 3.05) is 0 Å². The molecular weight excluding hydrogens is 818 g/mol. The van der Waals surface area contributed by atoms with Crippen LogP contribution in [-0.4, -0.2) is 97.8 Å². The fourth-order valence-corrected chi connectivity index (χ4v) is 0. The van der Waals surface area contributed by atoms with E-state index in [0.29, 0.717) is 0 Å². The second-order valence-corrected chi connectivity index (χ2v) is 0. The zero-order chi connectivity index (χ0) is 0. The van der Waals surface area contributed by atoms with Gasteiger partial charge in [-0.15, -0.1) is 0 Å². The maximum atomic E-state index is 0. The van der Waals surface area contributed by atoms with Crippen LogP contribution in [0.1, 0.15) is 0 Å². The largest absolute Gasteiger partial charge is 3.00 e. The van der Waals surface area contributed by atoms with Gasteiger partial charge in [0.2, 0.25) is 0 Å². The van der Waals surface area contributed by atoms with Crippen molar-refractivity contribution in [3.8, 4) is 0 Å². The second kappa shape index (κ2) is 125. The zero-order valence-electron chi connectivity index (χ0n) is 5.63. The molecule has 0 bridgehead atoms. The third kappa shape index (κ3) is 111. The van der Waals surface area contributed by atoms with E-state index in [1.54, 1.807) is 0 Å². The van der Waals surface area contributed by atoms with E-state index in [4.69, 9.17) is 0 Å². The van der Waals surface area contributed by atoms with Crippen molar-refractivity contribution in [1.29, 1.82) is 0 Å².